The van der Waals surface area contributed by atoms with Crippen molar-refractivity contribution >= 4 is 8.60 Å². The van der Waals surface area contributed by atoms with Crippen LogP contribution in [-0.2, 0) is 14.0 Å². The molecule has 2 N–H and O–H groups in total. The van der Waals surface area contributed by atoms with Crippen molar-refractivity contribution in [2.45, 2.75) is 32.0 Å². The Hall–Kier alpha value is -1.33. The summed E-state index contributed by atoms with van der Waals surface area (Å²) in [7, 11) is -2.52. The molecule has 0 bridgehead atoms. The van der Waals surface area contributed by atoms with Crippen LogP contribution in [0.1, 0.15) is 43.1 Å². The van der Waals surface area contributed by atoms with Crippen molar-refractivity contribution in [3.8, 4) is 0 Å². The molecule has 5 nitrogen and oxygen atoms in total. The highest BCUT2D eigenvalue weighted by Crippen LogP contribution is 2.43. The van der Waals surface area contributed by atoms with Crippen molar-refractivity contribution in [3.63, 3.8) is 0 Å². The van der Waals surface area contributed by atoms with Gasteiger partial charge in [0.05, 0.1) is 13.2 Å². The van der Waals surface area contributed by atoms with E-state index in [1.54, 1.807) is 0 Å². The first-order valence-corrected chi connectivity index (χ1v) is 10.0. The Labute approximate surface area is 156 Å². The van der Waals surface area contributed by atoms with E-state index in [0.29, 0.717) is 19.8 Å². The van der Waals surface area contributed by atoms with E-state index in [0.717, 1.165) is 24.0 Å². The zero-order chi connectivity index (χ0) is 18.6. The molecule has 6 heteroatoms. The Morgan fingerprint density at radius 2 is 1.38 bits per heavy atom. The molecule has 2 atom stereocenters. The summed E-state index contributed by atoms with van der Waals surface area (Å²) in [6.07, 6.45) is 1.01. The second-order valence-electron chi connectivity index (χ2n) is 5.86. The fourth-order valence-electron chi connectivity index (χ4n) is 2.62. The molecule has 0 saturated carbocycles. The molecule has 2 aromatic carbocycles. The third kappa shape index (κ3) is 7.12. The second kappa shape index (κ2) is 12.1. The molecule has 0 spiro atoms. The molecule has 0 saturated heterocycles. The lowest BCUT2D eigenvalue weighted by Gasteiger charge is -2.28. The maximum atomic E-state index is 9.47. The molecule has 0 heterocycles. The van der Waals surface area contributed by atoms with Gasteiger partial charge in [0, 0.05) is 6.61 Å². The molecule has 2 unspecified atom stereocenters. The monoisotopic (exact) mass is 378 g/mol. The van der Waals surface area contributed by atoms with Gasteiger partial charge in [-0.05, 0) is 17.5 Å². The van der Waals surface area contributed by atoms with Crippen LogP contribution in [0.15, 0.2) is 60.7 Å². The first-order valence-electron chi connectivity index (χ1n) is 8.86. The van der Waals surface area contributed by atoms with Crippen LogP contribution in [-0.4, -0.2) is 29.6 Å². The van der Waals surface area contributed by atoms with Crippen LogP contribution < -0.4 is 0 Å². The van der Waals surface area contributed by atoms with Crippen molar-refractivity contribution in [2.75, 3.05) is 19.8 Å². The highest BCUT2D eigenvalue weighted by molar-refractivity contribution is 7.39. The van der Waals surface area contributed by atoms with Crippen LogP contribution in [0.3, 0.4) is 0 Å². The van der Waals surface area contributed by atoms with Gasteiger partial charge in [-0.1, -0.05) is 74.0 Å². The standard InChI is InChI=1S/C20H27O5P/c1-2-3-14-23-15-16-24-19(17-10-6-4-7-11-17)20(25-26(21)22)18-12-8-5-9-13-18/h4-13,19-22H,2-3,14-16H2,1H3. The first-order chi connectivity index (χ1) is 12.7. The number of rotatable bonds is 12. The topological polar surface area (TPSA) is 68.2 Å². The molecule has 142 valence electrons. The normalized spacial score (nSPS) is 13.7. The molecule has 0 radical (unpaired) electrons. The summed E-state index contributed by atoms with van der Waals surface area (Å²) in [4.78, 5) is 18.9. The Bertz CT molecular complexity index is 594. The van der Waals surface area contributed by atoms with Crippen LogP contribution >= 0.6 is 8.60 Å². The lowest BCUT2D eigenvalue weighted by atomic mass is 9.98. The van der Waals surface area contributed by atoms with E-state index >= 15 is 0 Å². The Balaban J connectivity index is 2.14. The number of hydrogen-bond acceptors (Lipinski definition) is 5. The Morgan fingerprint density at radius 3 is 1.92 bits per heavy atom. The summed E-state index contributed by atoms with van der Waals surface area (Å²) in [5, 5.41) is 0. The minimum absolute atomic E-state index is 0.394. The third-order valence-corrected chi connectivity index (χ3v) is 4.32. The lowest BCUT2D eigenvalue weighted by Crippen LogP contribution is -2.19. The third-order valence-electron chi connectivity index (χ3n) is 3.91. The zero-order valence-electron chi connectivity index (χ0n) is 15.0. The summed E-state index contributed by atoms with van der Waals surface area (Å²) in [6, 6.07) is 19.1. The highest BCUT2D eigenvalue weighted by Gasteiger charge is 2.29. The number of ether oxygens (including phenoxy) is 2. The average molecular weight is 378 g/mol. The summed E-state index contributed by atoms with van der Waals surface area (Å²) >= 11 is 0. The van der Waals surface area contributed by atoms with Crippen molar-refractivity contribution in [3.05, 3.63) is 71.8 Å². The SMILES string of the molecule is CCCCOCCOC(c1ccccc1)C(OP(O)O)c1ccccc1. The molecule has 0 aliphatic rings. The van der Waals surface area contributed by atoms with Gasteiger partial charge in [0.25, 0.3) is 0 Å². The maximum Gasteiger partial charge on any atom is 0.327 e. The maximum absolute atomic E-state index is 9.47. The van der Waals surface area contributed by atoms with Crippen molar-refractivity contribution < 1.29 is 23.8 Å². The zero-order valence-corrected chi connectivity index (χ0v) is 15.9. The fourth-order valence-corrected chi connectivity index (χ4v) is 3.05. The van der Waals surface area contributed by atoms with E-state index in [2.05, 4.69) is 6.92 Å². The fraction of sp³-hybridized carbons (Fsp3) is 0.400. The van der Waals surface area contributed by atoms with Crippen LogP contribution in [0.4, 0.5) is 0 Å². The second-order valence-corrected chi connectivity index (χ2v) is 6.57. The van der Waals surface area contributed by atoms with Gasteiger partial charge < -0.3 is 23.8 Å². The van der Waals surface area contributed by atoms with Crippen molar-refractivity contribution in [2.24, 2.45) is 0 Å². The van der Waals surface area contributed by atoms with Gasteiger partial charge in [0.2, 0.25) is 0 Å². The molecular formula is C20H27O5P. The molecule has 0 aliphatic carbocycles. The molecule has 26 heavy (non-hydrogen) atoms. The van der Waals surface area contributed by atoms with E-state index < -0.39 is 20.8 Å². The Kier molecular flexibility index (Phi) is 9.78. The first kappa shape index (κ1) is 21.0. The molecule has 0 aliphatic heterocycles. The van der Waals surface area contributed by atoms with Gasteiger partial charge in [0.15, 0.2) is 0 Å². The minimum atomic E-state index is -2.52. The van der Waals surface area contributed by atoms with Gasteiger partial charge in [-0.15, -0.1) is 0 Å². The molecule has 0 amide bonds. The highest BCUT2D eigenvalue weighted by atomic mass is 31.2. The molecular weight excluding hydrogens is 351 g/mol. The van der Waals surface area contributed by atoms with Gasteiger partial charge >= 0.3 is 8.60 Å². The van der Waals surface area contributed by atoms with E-state index in [4.69, 9.17) is 14.0 Å². The van der Waals surface area contributed by atoms with Gasteiger partial charge in [0.1, 0.15) is 12.2 Å². The van der Waals surface area contributed by atoms with Crippen LogP contribution in [0.25, 0.3) is 0 Å². The predicted molar refractivity (Wildman–Crippen MR) is 102 cm³/mol. The summed E-state index contributed by atoms with van der Waals surface area (Å²) < 4.78 is 17.1. The van der Waals surface area contributed by atoms with Crippen molar-refractivity contribution in [1.82, 2.24) is 0 Å². The summed E-state index contributed by atoms with van der Waals surface area (Å²) in [5.74, 6) is 0. The number of benzene rings is 2. The Morgan fingerprint density at radius 1 is 0.808 bits per heavy atom. The molecule has 2 rings (SSSR count). The van der Waals surface area contributed by atoms with Crippen LogP contribution in [0.2, 0.25) is 0 Å². The van der Waals surface area contributed by atoms with Gasteiger partial charge in [-0.2, -0.15) is 0 Å². The van der Waals surface area contributed by atoms with E-state index in [1.165, 1.54) is 0 Å². The molecule has 2 aromatic rings. The molecule has 0 fully saturated rings. The average Bonchev–Trinajstić information content (AvgIpc) is 2.67. The van der Waals surface area contributed by atoms with Crippen LogP contribution in [0.5, 0.6) is 0 Å². The van der Waals surface area contributed by atoms with Crippen molar-refractivity contribution in [1.29, 1.82) is 0 Å². The van der Waals surface area contributed by atoms with E-state index in [-0.39, 0.29) is 0 Å². The quantitative estimate of drug-likeness (QED) is 0.420. The van der Waals surface area contributed by atoms with E-state index in [9.17, 15) is 9.79 Å². The summed E-state index contributed by atoms with van der Waals surface area (Å²) in [5.41, 5.74) is 1.73. The smallest absolute Gasteiger partial charge is 0.327 e. The lowest BCUT2D eigenvalue weighted by molar-refractivity contribution is -0.0535. The summed E-state index contributed by atoms with van der Waals surface area (Å²) in [6.45, 7) is 3.71. The molecule has 0 aromatic heterocycles. The van der Waals surface area contributed by atoms with Gasteiger partial charge in [-0.3, -0.25) is 0 Å². The number of unbranched alkanes of at least 4 members (excludes halogenated alkanes) is 1. The largest absolute Gasteiger partial charge is 0.379 e. The predicted octanol–water partition coefficient (Wildman–Crippen LogP) is 4.53. The number of hydrogen-bond donors (Lipinski definition) is 2. The van der Waals surface area contributed by atoms with Crippen LogP contribution in [0, 0.1) is 0 Å². The minimum Gasteiger partial charge on any atom is -0.379 e. The van der Waals surface area contributed by atoms with Gasteiger partial charge in [-0.25, -0.2) is 0 Å². The van der Waals surface area contributed by atoms with E-state index in [1.807, 2.05) is 60.7 Å².